The number of esters is 1. The molecule has 0 saturated heterocycles. The maximum atomic E-state index is 14.0. The Kier molecular flexibility index (Phi) is 14.9. The van der Waals surface area contributed by atoms with Crippen LogP contribution in [0.4, 0.5) is 4.79 Å². The molecule has 0 fully saturated rings. The average molecular weight is 552 g/mol. The molecule has 0 radical (unpaired) electrons. The first-order valence-electron chi connectivity index (χ1n) is 13.2. The van der Waals surface area contributed by atoms with Crippen LogP contribution in [0.1, 0.15) is 77.5 Å². The number of carbonyl (C=O) groups excluding carboxylic acids is 4. The van der Waals surface area contributed by atoms with Gasteiger partial charge in [0.15, 0.2) is 0 Å². The van der Waals surface area contributed by atoms with Gasteiger partial charge in [-0.25, -0.2) is 4.79 Å². The van der Waals surface area contributed by atoms with E-state index in [1.807, 2.05) is 44.4 Å². The predicted octanol–water partition coefficient (Wildman–Crippen LogP) is 4.38. The van der Waals surface area contributed by atoms with Gasteiger partial charge >= 0.3 is 12.1 Å². The van der Waals surface area contributed by atoms with E-state index in [2.05, 4.69) is 10.6 Å². The number of rotatable bonds is 15. The van der Waals surface area contributed by atoms with Gasteiger partial charge < -0.3 is 25.0 Å². The molecule has 38 heavy (non-hydrogen) atoms. The third-order valence-corrected chi connectivity index (χ3v) is 6.26. The smallest absolute Gasteiger partial charge is 0.408 e. The minimum atomic E-state index is -0.935. The summed E-state index contributed by atoms with van der Waals surface area (Å²) in [4.78, 5) is 53.6. The maximum Gasteiger partial charge on any atom is 0.408 e. The summed E-state index contributed by atoms with van der Waals surface area (Å²) in [5, 5.41) is 5.55. The molecule has 0 bridgehead atoms. The molecule has 0 heterocycles. The molecule has 0 spiro atoms. The summed E-state index contributed by atoms with van der Waals surface area (Å²) in [7, 11) is 0. The molecule has 1 aromatic carbocycles. The first-order valence-corrected chi connectivity index (χ1v) is 14.6. The second-order valence-corrected chi connectivity index (χ2v) is 11.0. The first-order chi connectivity index (χ1) is 17.9. The molecule has 3 amide bonds. The molecule has 2 atom stereocenters. The van der Waals surface area contributed by atoms with Gasteiger partial charge in [0.2, 0.25) is 11.8 Å². The van der Waals surface area contributed by atoms with Crippen molar-refractivity contribution in [1.82, 2.24) is 15.5 Å². The van der Waals surface area contributed by atoms with Crippen LogP contribution in [-0.2, 0) is 23.9 Å². The largest absolute Gasteiger partial charge is 0.466 e. The Balaban J connectivity index is 3.38. The first kappa shape index (κ1) is 33.3. The average Bonchev–Trinajstić information content (AvgIpc) is 2.83. The third kappa shape index (κ3) is 11.8. The fourth-order valence-electron chi connectivity index (χ4n) is 3.80. The van der Waals surface area contributed by atoms with Crippen molar-refractivity contribution in [2.45, 2.75) is 84.9 Å². The second kappa shape index (κ2) is 17.0. The van der Waals surface area contributed by atoms with Crippen LogP contribution in [0.5, 0.6) is 0 Å². The van der Waals surface area contributed by atoms with Gasteiger partial charge in [0, 0.05) is 13.1 Å². The van der Waals surface area contributed by atoms with Gasteiger partial charge in [-0.15, -0.1) is 0 Å². The SMILES string of the molecule is CCCCN(C(=O)C(CCSC)NC(=O)OC(C)(C)C)C(C(=O)NCCC(=O)OCC)c1ccccc1C. The Labute approximate surface area is 231 Å². The zero-order valence-corrected chi connectivity index (χ0v) is 24.7. The fraction of sp³-hybridized carbons (Fsp3) is 0.643. The van der Waals surface area contributed by atoms with Gasteiger partial charge in [0.1, 0.15) is 17.7 Å². The van der Waals surface area contributed by atoms with Crippen molar-refractivity contribution in [2.75, 3.05) is 31.7 Å². The van der Waals surface area contributed by atoms with Crippen molar-refractivity contribution in [2.24, 2.45) is 0 Å². The fourth-order valence-corrected chi connectivity index (χ4v) is 4.27. The topological polar surface area (TPSA) is 114 Å². The van der Waals surface area contributed by atoms with E-state index in [1.165, 1.54) is 0 Å². The number of carbonyl (C=O) groups is 4. The lowest BCUT2D eigenvalue weighted by atomic mass is 9.97. The number of hydrogen-bond acceptors (Lipinski definition) is 7. The number of aryl methyl sites for hydroxylation is 1. The lowest BCUT2D eigenvalue weighted by Gasteiger charge is -2.35. The number of thioether (sulfide) groups is 1. The van der Waals surface area contributed by atoms with Crippen LogP contribution in [0.3, 0.4) is 0 Å². The molecule has 2 unspecified atom stereocenters. The second-order valence-electron chi connectivity index (χ2n) is 9.97. The predicted molar refractivity (Wildman–Crippen MR) is 151 cm³/mol. The monoisotopic (exact) mass is 551 g/mol. The number of unbranched alkanes of at least 4 members (excludes halogenated alkanes) is 1. The van der Waals surface area contributed by atoms with E-state index in [1.54, 1.807) is 44.4 Å². The molecular weight excluding hydrogens is 506 g/mol. The molecule has 10 heteroatoms. The van der Waals surface area contributed by atoms with Gasteiger partial charge in [-0.05, 0) is 70.6 Å². The summed E-state index contributed by atoms with van der Waals surface area (Å²) in [6.45, 7) is 11.6. The number of ether oxygens (including phenoxy) is 2. The van der Waals surface area contributed by atoms with Crippen molar-refractivity contribution in [1.29, 1.82) is 0 Å². The Morgan fingerprint density at radius 3 is 2.37 bits per heavy atom. The Bertz CT molecular complexity index is 918. The standard InChI is InChI=1S/C28H45N3O6S/c1-8-10-18-31(26(34)22(16-19-38-7)30-27(35)37-28(4,5)6)24(21-14-12-11-13-20(21)3)25(33)29-17-15-23(32)36-9-2/h11-14,22,24H,8-10,15-19H2,1-7H3,(H,29,33)(H,30,35). The molecule has 0 aliphatic heterocycles. The van der Waals surface area contributed by atoms with Crippen molar-refractivity contribution in [3.05, 3.63) is 35.4 Å². The van der Waals surface area contributed by atoms with Crippen molar-refractivity contribution in [3.63, 3.8) is 0 Å². The molecule has 0 saturated carbocycles. The summed E-state index contributed by atoms with van der Waals surface area (Å²) in [5.74, 6) is -0.520. The lowest BCUT2D eigenvalue weighted by Crippen LogP contribution is -2.53. The summed E-state index contributed by atoms with van der Waals surface area (Å²) in [6, 6.07) is 5.62. The van der Waals surface area contributed by atoms with Crippen LogP contribution in [0, 0.1) is 6.92 Å². The molecule has 0 aliphatic rings. The van der Waals surface area contributed by atoms with E-state index in [-0.39, 0.29) is 25.5 Å². The molecule has 0 aromatic heterocycles. The Morgan fingerprint density at radius 2 is 1.79 bits per heavy atom. The molecule has 2 N–H and O–H groups in total. The van der Waals surface area contributed by atoms with Crippen LogP contribution in [0.25, 0.3) is 0 Å². The normalized spacial score (nSPS) is 12.7. The zero-order chi connectivity index (χ0) is 28.7. The highest BCUT2D eigenvalue weighted by atomic mass is 32.2. The number of benzene rings is 1. The van der Waals surface area contributed by atoms with Crippen LogP contribution in [-0.4, -0.2) is 72.1 Å². The minimum Gasteiger partial charge on any atom is -0.466 e. The van der Waals surface area contributed by atoms with Gasteiger partial charge in [-0.3, -0.25) is 14.4 Å². The van der Waals surface area contributed by atoms with E-state index in [9.17, 15) is 19.2 Å². The van der Waals surface area contributed by atoms with Gasteiger partial charge in [0.05, 0.1) is 13.0 Å². The van der Waals surface area contributed by atoms with E-state index in [0.29, 0.717) is 30.7 Å². The van der Waals surface area contributed by atoms with E-state index < -0.39 is 35.7 Å². The zero-order valence-electron chi connectivity index (χ0n) is 23.9. The van der Waals surface area contributed by atoms with Crippen LogP contribution < -0.4 is 10.6 Å². The quantitative estimate of drug-likeness (QED) is 0.311. The summed E-state index contributed by atoms with van der Waals surface area (Å²) in [6.07, 6.45) is 3.14. The van der Waals surface area contributed by atoms with E-state index in [0.717, 1.165) is 12.0 Å². The van der Waals surface area contributed by atoms with Gasteiger partial charge in [0.25, 0.3) is 0 Å². The van der Waals surface area contributed by atoms with Gasteiger partial charge in [-0.1, -0.05) is 37.6 Å². The van der Waals surface area contributed by atoms with Gasteiger partial charge in [-0.2, -0.15) is 11.8 Å². The Hall–Kier alpha value is -2.75. The number of nitrogens with one attached hydrogen (secondary N) is 2. The highest BCUT2D eigenvalue weighted by Crippen LogP contribution is 2.26. The van der Waals surface area contributed by atoms with Crippen molar-refractivity contribution < 1.29 is 28.7 Å². The molecule has 9 nitrogen and oxygen atoms in total. The summed E-state index contributed by atoms with van der Waals surface area (Å²) < 4.78 is 10.4. The molecule has 1 rings (SSSR count). The highest BCUT2D eigenvalue weighted by Gasteiger charge is 2.36. The van der Waals surface area contributed by atoms with Crippen LogP contribution in [0.2, 0.25) is 0 Å². The highest BCUT2D eigenvalue weighted by molar-refractivity contribution is 7.98. The van der Waals surface area contributed by atoms with Crippen LogP contribution >= 0.6 is 11.8 Å². The summed E-state index contributed by atoms with van der Waals surface area (Å²) >= 11 is 1.56. The minimum absolute atomic E-state index is 0.0273. The number of alkyl carbamates (subject to hydrolysis) is 1. The maximum absolute atomic E-state index is 14.0. The van der Waals surface area contributed by atoms with E-state index in [4.69, 9.17) is 9.47 Å². The van der Waals surface area contributed by atoms with E-state index >= 15 is 0 Å². The van der Waals surface area contributed by atoms with Crippen LogP contribution in [0.15, 0.2) is 24.3 Å². The van der Waals surface area contributed by atoms with Crippen molar-refractivity contribution >= 4 is 35.6 Å². The third-order valence-electron chi connectivity index (χ3n) is 5.61. The summed E-state index contributed by atoms with van der Waals surface area (Å²) in [5.41, 5.74) is 0.821. The number of nitrogens with zero attached hydrogens (tertiary/aromatic N) is 1. The Morgan fingerprint density at radius 1 is 1.11 bits per heavy atom. The lowest BCUT2D eigenvalue weighted by molar-refractivity contribution is -0.144. The molecule has 0 aliphatic carbocycles. The number of hydrogen-bond donors (Lipinski definition) is 2. The molecule has 1 aromatic rings. The molecule has 214 valence electrons. The molecular formula is C28H45N3O6S. The number of amides is 3. The van der Waals surface area contributed by atoms with Crippen molar-refractivity contribution in [3.8, 4) is 0 Å².